The smallest absolute Gasteiger partial charge is 0.169 e. The third-order valence-corrected chi connectivity index (χ3v) is 7.37. The Morgan fingerprint density at radius 3 is 1.76 bits per heavy atom. The number of phenols is 2. The molecule has 0 bridgehead atoms. The van der Waals surface area contributed by atoms with Gasteiger partial charge in [0.05, 0.1) is 39.6 Å². The summed E-state index contributed by atoms with van der Waals surface area (Å²) < 4.78 is 36.2. The van der Waals surface area contributed by atoms with Gasteiger partial charge in [-0.15, -0.1) is 0 Å². The molecule has 1 aliphatic heterocycles. The number of rotatable bonds is 6. The largest absolute Gasteiger partial charge is 0.507 e. The van der Waals surface area contributed by atoms with Crippen LogP contribution >= 0.6 is 0 Å². The Labute approximate surface area is 268 Å². The van der Waals surface area contributed by atoms with Crippen LogP contribution in [0.2, 0.25) is 0 Å². The fourth-order valence-corrected chi connectivity index (χ4v) is 5.03. The number of hydrogen-bond donors (Lipinski definition) is 4. The van der Waals surface area contributed by atoms with Crippen LogP contribution in [0.4, 0.5) is 0 Å². The summed E-state index contributed by atoms with van der Waals surface area (Å²) in [4.78, 5) is 0. The van der Waals surface area contributed by atoms with E-state index in [1.165, 1.54) is 12.1 Å². The van der Waals surface area contributed by atoms with Gasteiger partial charge in [-0.3, -0.25) is 0 Å². The van der Waals surface area contributed by atoms with E-state index in [1.54, 1.807) is 54.6 Å². The van der Waals surface area contributed by atoms with Gasteiger partial charge >= 0.3 is 0 Å². The molecule has 0 saturated carbocycles. The number of nitrogens with one attached hydrogen (secondary N) is 2. The molecule has 2 atom stereocenters. The van der Waals surface area contributed by atoms with Gasteiger partial charge < -0.3 is 49.5 Å². The standard InChI is InChI=1S/C36H38N2O8/c37-28(25-9-1-3-11-29(25)39)23-27(36(38)26-10-2-4-12-30(26)40)35-24-43-20-19-41-17-18-42-21-22-44-31-13-5-6-14-32(31)45-33-15-7-8-16-34(33)46-35/h1-16,27,35,37-40H,17-24H2. The van der Waals surface area contributed by atoms with Gasteiger partial charge in [-0.2, -0.15) is 0 Å². The number of para-hydroxylation sites is 6. The van der Waals surface area contributed by atoms with Gasteiger partial charge in [-0.1, -0.05) is 48.5 Å². The number of benzene rings is 4. The molecule has 0 radical (unpaired) electrons. The summed E-state index contributed by atoms with van der Waals surface area (Å²) in [7, 11) is 0. The van der Waals surface area contributed by atoms with Crippen molar-refractivity contribution < 1.29 is 38.6 Å². The SMILES string of the molecule is N=C(CC(C(=N)c1ccccc1O)C1COCCOCCOCCOc2ccccc2Oc2ccccc2O1)c1ccccc1O. The van der Waals surface area contributed by atoms with E-state index < -0.39 is 12.0 Å². The molecule has 0 aliphatic carbocycles. The van der Waals surface area contributed by atoms with Crippen LogP contribution in [-0.4, -0.2) is 74.0 Å². The zero-order chi connectivity index (χ0) is 32.1. The molecule has 2 unspecified atom stereocenters. The minimum Gasteiger partial charge on any atom is -0.507 e. The molecule has 0 saturated heterocycles. The van der Waals surface area contributed by atoms with Gasteiger partial charge in [0.2, 0.25) is 0 Å². The molecule has 5 rings (SSSR count). The Bertz CT molecular complexity index is 1610. The highest BCUT2D eigenvalue weighted by Gasteiger charge is 2.32. The van der Waals surface area contributed by atoms with Crippen LogP contribution in [0.25, 0.3) is 0 Å². The molecular weight excluding hydrogens is 588 g/mol. The van der Waals surface area contributed by atoms with Gasteiger partial charge in [0, 0.05) is 34.9 Å². The predicted octanol–water partition coefficient (Wildman–Crippen LogP) is 6.22. The van der Waals surface area contributed by atoms with Gasteiger partial charge in [0.1, 0.15) is 24.2 Å². The summed E-state index contributed by atoms with van der Waals surface area (Å²) in [5.74, 6) is 0.920. The second-order valence-corrected chi connectivity index (χ2v) is 10.5. The first-order valence-electron chi connectivity index (χ1n) is 15.1. The maximum Gasteiger partial charge on any atom is 0.169 e. The highest BCUT2D eigenvalue weighted by atomic mass is 16.6. The summed E-state index contributed by atoms with van der Waals surface area (Å²) >= 11 is 0. The van der Waals surface area contributed by atoms with Crippen LogP contribution in [0.1, 0.15) is 17.5 Å². The van der Waals surface area contributed by atoms with Crippen molar-refractivity contribution in [2.45, 2.75) is 12.5 Å². The molecule has 240 valence electrons. The summed E-state index contributed by atoms with van der Waals surface area (Å²) in [6.45, 7) is 2.08. The van der Waals surface area contributed by atoms with Crippen LogP contribution in [0.3, 0.4) is 0 Å². The Morgan fingerprint density at radius 1 is 0.609 bits per heavy atom. The van der Waals surface area contributed by atoms with Crippen molar-refractivity contribution in [2.24, 2.45) is 5.92 Å². The topological polar surface area (TPSA) is 144 Å². The average molecular weight is 627 g/mol. The fraction of sp³-hybridized carbons (Fsp3) is 0.278. The van der Waals surface area contributed by atoms with Crippen molar-refractivity contribution in [3.05, 3.63) is 108 Å². The lowest BCUT2D eigenvalue weighted by atomic mass is 9.85. The number of phenolic OH excluding ortho intramolecular Hbond substituents is 2. The lowest BCUT2D eigenvalue weighted by Crippen LogP contribution is -2.39. The molecule has 0 fully saturated rings. The number of hydrogen-bond acceptors (Lipinski definition) is 10. The molecule has 0 spiro atoms. The van der Waals surface area contributed by atoms with Crippen molar-refractivity contribution in [1.29, 1.82) is 10.8 Å². The molecule has 4 aromatic carbocycles. The molecule has 1 heterocycles. The van der Waals surface area contributed by atoms with Gasteiger partial charge in [0.25, 0.3) is 0 Å². The Kier molecular flexibility index (Phi) is 11.6. The summed E-state index contributed by atoms with van der Waals surface area (Å²) in [5.41, 5.74) is 0.805. The predicted molar refractivity (Wildman–Crippen MR) is 173 cm³/mol. The van der Waals surface area contributed by atoms with E-state index in [1.807, 2.05) is 30.3 Å². The number of aromatic hydroxyl groups is 2. The molecule has 10 heteroatoms. The zero-order valence-corrected chi connectivity index (χ0v) is 25.4. The third kappa shape index (κ3) is 8.63. The van der Waals surface area contributed by atoms with E-state index in [4.69, 9.17) is 33.8 Å². The molecule has 0 amide bonds. The quantitative estimate of drug-likeness (QED) is 0.185. The van der Waals surface area contributed by atoms with E-state index in [9.17, 15) is 15.6 Å². The minimum atomic E-state index is -0.822. The highest BCUT2D eigenvalue weighted by molar-refractivity contribution is 6.07. The van der Waals surface area contributed by atoms with Crippen molar-refractivity contribution in [3.8, 4) is 34.5 Å². The fourth-order valence-electron chi connectivity index (χ4n) is 5.03. The van der Waals surface area contributed by atoms with Crippen molar-refractivity contribution in [2.75, 3.05) is 46.2 Å². The molecular formula is C36H38N2O8. The second kappa shape index (κ2) is 16.4. The summed E-state index contributed by atoms with van der Waals surface area (Å²) in [6.07, 6.45) is -0.816. The van der Waals surface area contributed by atoms with E-state index in [0.717, 1.165) is 0 Å². The van der Waals surface area contributed by atoms with E-state index in [2.05, 4.69) is 0 Å². The van der Waals surface area contributed by atoms with Gasteiger partial charge in [0.15, 0.2) is 23.0 Å². The first-order valence-corrected chi connectivity index (χ1v) is 15.1. The van der Waals surface area contributed by atoms with Crippen LogP contribution in [-0.2, 0) is 14.2 Å². The summed E-state index contributed by atoms with van der Waals surface area (Å²) in [5, 5.41) is 39.4. The first kappa shape index (κ1) is 32.5. The van der Waals surface area contributed by atoms with Gasteiger partial charge in [-0.05, 0) is 48.5 Å². The van der Waals surface area contributed by atoms with Crippen LogP contribution in [0, 0.1) is 16.7 Å². The van der Waals surface area contributed by atoms with E-state index in [-0.39, 0.29) is 42.6 Å². The van der Waals surface area contributed by atoms with Crippen LogP contribution < -0.4 is 14.2 Å². The maximum absolute atomic E-state index is 10.7. The first-order chi connectivity index (χ1) is 22.5. The van der Waals surface area contributed by atoms with Crippen LogP contribution in [0.15, 0.2) is 97.1 Å². The lowest BCUT2D eigenvalue weighted by Gasteiger charge is -2.30. The van der Waals surface area contributed by atoms with Crippen molar-refractivity contribution >= 4 is 11.4 Å². The molecule has 46 heavy (non-hydrogen) atoms. The van der Waals surface area contributed by atoms with Crippen molar-refractivity contribution in [3.63, 3.8) is 0 Å². The van der Waals surface area contributed by atoms with E-state index in [0.29, 0.717) is 67.2 Å². The van der Waals surface area contributed by atoms with Gasteiger partial charge in [-0.25, -0.2) is 0 Å². The van der Waals surface area contributed by atoms with E-state index >= 15 is 0 Å². The molecule has 0 aromatic heterocycles. The Hall–Kier alpha value is -4.90. The minimum absolute atomic E-state index is 0.00625. The second-order valence-electron chi connectivity index (χ2n) is 10.5. The maximum atomic E-state index is 10.7. The monoisotopic (exact) mass is 626 g/mol. The number of ether oxygens (including phenoxy) is 6. The summed E-state index contributed by atoms with van der Waals surface area (Å²) in [6, 6.07) is 27.7. The Balaban J connectivity index is 1.52. The average Bonchev–Trinajstić information content (AvgIpc) is 3.06. The Morgan fingerprint density at radius 2 is 1.11 bits per heavy atom. The van der Waals surface area contributed by atoms with Crippen molar-refractivity contribution in [1.82, 2.24) is 0 Å². The van der Waals surface area contributed by atoms with Crippen LogP contribution in [0.5, 0.6) is 34.5 Å². The third-order valence-electron chi connectivity index (χ3n) is 7.37. The normalized spacial score (nSPS) is 16.9. The molecule has 4 aromatic rings. The number of fused-ring (bicyclic) bond motifs is 2. The zero-order valence-electron chi connectivity index (χ0n) is 25.4. The lowest BCUT2D eigenvalue weighted by molar-refractivity contribution is -0.0130. The molecule has 1 aliphatic rings. The highest BCUT2D eigenvalue weighted by Crippen LogP contribution is 2.38. The molecule has 4 N–H and O–H groups in total. The molecule has 10 nitrogen and oxygen atoms in total.